The van der Waals surface area contributed by atoms with Crippen LogP contribution in [0.1, 0.15) is 51.3 Å². The summed E-state index contributed by atoms with van der Waals surface area (Å²) in [6, 6.07) is 15.1. The molecule has 0 bridgehead atoms. The van der Waals surface area contributed by atoms with Crippen molar-refractivity contribution in [2.24, 2.45) is 0 Å². The van der Waals surface area contributed by atoms with E-state index in [1.165, 1.54) is 12.4 Å². The van der Waals surface area contributed by atoms with E-state index in [1.54, 1.807) is 6.07 Å². The minimum atomic E-state index is -0.305. The number of para-hydroxylation sites is 1. The van der Waals surface area contributed by atoms with Crippen molar-refractivity contribution in [2.45, 2.75) is 33.6 Å². The van der Waals surface area contributed by atoms with E-state index in [0.717, 1.165) is 35.2 Å². The van der Waals surface area contributed by atoms with Gasteiger partial charge in [-0.25, -0.2) is 0 Å². The number of nitrogens with one attached hydrogen (secondary N) is 2. The fraction of sp³-hybridized carbons (Fsp3) is 0.208. The molecule has 2 N–H and O–H groups in total. The fourth-order valence-corrected chi connectivity index (χ4v) is 3.20. The van der Waals surface area contributed by atoms with Crippen molar-refractivity contribution in [1.29, 1.82) is 0 Å². The minimum absolute atomic E-state index is 0.279. The zero-order valence-corrected chi connectivity index (χ0v) is 17.0. The Morgan fingerprint density at radius 3 is 2.00 bits per heavy atom. The van der Waals surface area contributed by atoms with Crippen LogP contribution in [0, 0.1) is 6.92 Å². The molecule has 148 valence electrons. The number of nitrogens with zero attached hydrogens (tertiary/aromatic N) is 1. The molecule has 29 heavy (non-hydrogen) atoms. The third-order valence-corrected chi connectivity index (χ3v) is 4.78. The van der Waals surface area contributed by atoms with E-state index in [2.05, 4.69) is 29.5 Å². The van der Waals surface area contributed by atoms with Gasteiger partial charge in [-0.05, 0) is 54.7 Å². The molecule has 0 unspecified atom stereocenters. The Hall–Kier alpha value is -3.47. The van der Waals surface area contributed by atoms with Crippen LogP contribution in [0.25, 0.3) is 0 Å². The lowest BCUT2D eigenvalue weighted by molar-refractivity contribution is 0.102. The lowest BCUT2D eigenvalue weighted by atomic mass is 10.0. The second-order valence-electron chi connectivity index (χ2n) is 6.90. The molecular weight excluding hydrogens is 362 g/mol. The molecule has 0 aliphatic rings. The third kappa shape index (κ3) is 4.88. The van der Waals surface area contributed by atoms with Gasteiger partial charge in [-0.15, -0.1) is 0 Å². The van der Waals surface area contributed by atoms with Crippen molar-refractivity contribution < 1.29 is 9.59 Å². The number of rotatable bonds is 6. The van der Waals surface area contributed by atoms with Crippen LogP contribution >= 0.6 is 0 Å². The summed E-state index contributed by atoms with van der Waals surface area (Å²) >= 11 is 0. The lowest BCUT2D eigenvalue weighted by Crippen LogP contribution is -2.17. The van der Waals surface area contributed by atoms with Gasteiger partial charge in [0.15, 0.2) is 0 Å². The van der Waals surface area contributed by atoms with Gasteiger partial charge in [-0.1, -0.05) is 44.2 Å². The van der Waals surface area contributed by atoms with Crippen LogP contribution in [0.15, 0.2) is 60.9 Å². The van der Waals surface area contributed by atoms with E-state index in [4.69, 9.17) is 0 Å². The van der Waals surface area contributed by atoms with E-state index < -0.39 is 0 Å². The first kappa shape index (κ1) is 20.3. The predicted octanol–water partition coefficient (Wildman–Crippen LogP) is 5.02. The molecular formula is C24H25N3O2. The Morgan fingerprint density at radius 1 is 0.828 bits per heavy atom. The molecule has 2 amide bonds. The Balaban J connectivity index is 1.81. The highest BCUT2D eigenvalue weighted by molar-refractivity contribution is 6.08. The number of hydrogen-bond acceptors (Lipinski definition) is 3. The largest absolute Gasteiger partial charge is 0.322 e. The average Bonchev–Trinajstić information content (AvgIpc) is 2.74. The average molecular weight is 387 g/mol. The number of pyridine rings is 1. The maximum absolute atomic E-state index is 12.8. The summed E-state index contributed by atoms with van der Waals surface area (Å²) in [4.78, 5) is 29.5. The standard InChI is InChI=1S/C24H25N3O2/c1-4-17-9-7-10-18(5-2)22(17)27-24(29)20-13-19(14-25-15-20)23(28)26-21-11-6-8-16(3)12-21/h6-15H,4-5H2,1-3H3,(H,26,28)(H,27,29). The zero-order valence-electron chi connectivity index (χ0n) is 17.0. The Kier molecular flexibility index (Phi) is 6.39. The fourth-order valence-electron chi connectivity index (χ4n) is 3.20. The molecule has 5 nitrogen and oxygen atoms in total. The van der Waals surface area contributed by atoms with Crippen LogP contribution in [-0.2, 0) is 12.8 Å². The zero-order chi connectivity index (χ0) is 20.8. The molecule has 0 aliphatic heterocycles. The number of hydrogen-bond donors (Lipinski definition) is 2. The van der Waals surface area contributed by atoms with Gasteiger partial charge in [0.1, 0.15) is 0 Å². The quantitative estimate of drug-likeness (QED) is 0.624. The topological polar surface area (TPSA) is 71.1 Å². The van der Waals surface area contributed by atoms with E-state index in [1.807, 2.05) is 49.4 Å². The molecule has 1 heterocycles. The molecule has 0 aliphatic carbocycles. The number of benzene rings is 2. The van der Waals surface area contributed by atoms with Crippen LogP contribution in [0.2, 0.25) is 0 Å². The number of aromatic nitrogens is 1. The van der Waals surface area contributed by atoms with E-state index >= 15 is 0 Å². The molecule has 3 rings (SSSR count). The third-order valence-electron chi connectivity index (χ3n) is 4.78. The molecule has 0 saturated carbocycles. The summed E-state index contributed by atoms with van der Waals surface area (Å²) < 4.78 is 0. The molecule has 5 heteroatoms. The van der Waals surface area contributed by atoms with Gasteiger partial charge in [0, 0.05) is 23.8 Å². The van der Waals surface area contributed by atoms with Gasteiger partial charge in [-0.3, -0.25) is 14.6 Å². The normalized spacial score (nSPS) is 10.4. The Morgan fingerprint density at radius 2 is 1.41 bits per heavy atom. The van der Waals surface area contributed by atoms with Crippen LogP contribution in [0.4, 0.5) is 11.4 Å². The van der Waals surface area contributed by atoms with Crippen LogP contribution < -0.4 is 10.6 Å². The molecule has 3 aromatic rings. The SMILES string of the molecule is CCc1cccc(CC)c1NC(=O)c1cncc(C(=O)Nc2cccc(C)c2)c1. The number of carbonyl (C=O) groups is 2. The molecule has 0 radical (unpaired) electrons. The maximum Gasteiger partial charge on any atom is 0.257 e. The molecule has 0 atom stereocenters. The second-order valence-corrected chi connectivity index (χ2v) is 6.90. The number of aryl methyl sites for hydroxylation is 3. The van der Waals surface area contributed by atoms with Crippen molar-refractivity contribution in [1.82, 2.24) is 4.98 Å². The monoisotopic (exact) mass is 387 g/mol. The first-order chi connectivity index (χ1) is 14.0. The highest BCUT2D eigenvalue weighted by Crippen LogP contribution is 2.23. The van der Waals surface area contributed by atoms with Crippen LogP contribution in [0.3, 0.4) is 0 Å². The molecule has 2 aromatic carbocycles. The summed E-state index contributed by atoms with van der Waals surface area (Å²) in [7, 11) is 0. The number of amides is 2. The summed E-state index contributed by atoms with van der Waals surface area (Å²) in [5, 5.41) is 5.85. The van der Waals surface area contributed by atoms with Crippen molar-refractivity contribution in [3.63, 3.8) is 0 Å². The first-order valence-corrected chi connectivity index (χ1v) is 9.77. The summed E-state index contributed by atoms with van der Waals surface area (Å²) in [6.45, 7) is 6.07. The van der Waals surface area contributed by atoms with Gasteiger partial charge in [0.2, 0.25) is 0 Å². The first-order valence-electron chi connectivity index (χ1n) is 9.77. The smallest absolute Gasteiger partial charge is 0.257 e. The second kappa shape index (κ2) is 9.15. The van der Waals surface area contributed by atoms with Gasteiger partial charge in [0.25, 0.3) is 11.8 Å². The Labute approximate surface area is 171 Å². The maximum atomic E-state index is 12.8. The van der Waals surface area contributed by atoms with E-state index in [0.29, 0.717) is 16.8 Å². The summed E-state index contributed by atoms with van der Waals surface area (Å²) in [5.74, 6) is -0.584. The Bertz CT molecular complexity index is 1020. The van der Waals surface area contributed by atoms with Crippen molar-refractivity contribution in [3.8, 4) is 0 Å². The van der Waals surface area contributed by atoms with Gasteiger partial charge >= 0.3 is 0 Å². The van der Waals surface area contributed by atoms with Crippen molar-refractivity contribution in [2.75, 3.05) is 10.6 Å². The molecule has 0 saturated heterocycles. The van der Waals surface area contributed by atoms with Gasteiger partial charge in [-0.2, -0.15) is 0 Å². The van der Waals surface area contributed by atoms with Gasteiger partial charge in [0.05, 0.1) is 11.1 Å². The number of carbonyl (C=O) groups excluding carboxylic acids is 2. The lowest BCUT2D eigenvalue weighted by Gasteiger charge is -2.14. The highest BCUT2D eigenvalue weighted by atomic mass is 16.2. The summed E-state index contributed by atoms with van der Waals surface area (Å²) in [6.07, 6.45) is 4.57. The predicted molar refractivity (Wildman–Crippen MR) is 117 cm³/mol. The van der Waals surface area contributed by atoms with Crippen LogP contribution in [0.5, 0.6) is 0 Å². The van der Waals surface area contributed by atoms with E-state index in [9.17, 15) is 9.59 Å². The molecule has 1 aromatic heterocycles. The van der Waals surface area contributed by atoms with Gasteiger partial charge < -0.3 is 10.6 Å². The van der Waals surface area contributed by atoms with E-state index in [-0.39, 0.29) is 11.8 Å². The summed E-state index contributed by atoms with van der Waals surface area (Å²) in [5.41, 5.74) is 5.44. The van der Waals surface area contributed by atoms with Crippen molar-refractivity contribution in [3.05, 3.63) is 88.7 Å². The van der Waals surface area contributed by atoms with Crippen molar-refractivity contribution >= 4 is 23.2 Å². The number of anilines is 2. The minimum Gasteiger partial charge on any atom is -0.322 e. The van der Waals surface area contributed by atoms with Crippen LogP contribution in [-0.4, -0.2) is 16.8 Å². The molecule has 0 spiro atoms. The highest BCUT2D eigenvalue weighted by Gasteiger charge is 2.15. The molecule has 0 fully saturated rings.